The van der Waals surface area contributed by atoms with Crippen molar-refractivity contribution >= 4 is 46.1 Å². The Morgan fingerprint density at radius 2 is 1.68 bits per heavy atom. The number of hydrogen-bond acceptors (Lipinski definition) is 6. The van der Waals surface area contributed by atoms with Gasteiger partial charge in [0.2, 0.25) is 0 Å². The number of benzene rings is 5. The van der Waals surface area contributed by atoms with Gasteiger partial charge in [-0.15, -0.1) is 4.91 Å². The summed E-state index contributed by atoms with van der Waals surface area (Å²) >= 11 is 7.87. The van der Waals surface area contributed by atoms with Crippen LogP contribution >= 0.6 is 23.5 Å². The lowest BCUT2D eigenvalue weighted by molar-refractivity contribution is 0.0601. The average molecular weight is 668 g/mol. The number of rotatable bonds is 8. The fourth-order valence-corrected chi connectivity index (χ4v) is 6.75. The molecule has 0 aliphatic rings. The third-order valence-corrected chi connectivity index (χ3v) is 9.02. The molecule has 1 aromatic heterocycles. The number of nitroso groups, excluding NO2 is 1. The van der Waals surface area contributed by atoms with Gasteiger partial charge in [0.1, 0.15) is 11.5 Å². The van der Waals surface area contributed by atoms with Crippen LogP contribution in [0.25, 0.3) is 44.4 Å². The lowest BCUT2D eigenvalue weighted by Gasteiger charge is -2.15. The summed E-state index contributed by atoms with van der Waals surface area (Å²) in [6, 6.07) is 29.6. The van der Waals surface area contributed by atoms with Gasteiger partial charge in [0.25, 0.3) is 6.43 Å². The van der Waals surface area contributed by atoms with Gasteiger partial charge in [0.15, 0.2) is 0 Å². The molecule has 6 nitrogen and oxygen atoms in total. The molecule has 11 heteroatoms. The molecular weight excluding hydrogens is 647 g/mol. The predicted molar refractivity (Wildman–Crippen MR) is 177 cm³/mol. The number of methoxy groups -OCH3 is 1. The van der Waals surface area contributed by atoms with Crippen LogP contribution in [0.5, 0.6) is 0 Å². The minimum atomic E-state index is -2.62. The van der Waals surface area contributed by atoms with Crippen molar-refractivity contribution < 1.29 is 22.7 Å². The SMILES string of the molecule is COC(=O)c1ccc(-c2cccc(-c3c(-c4ccccc4C#N)c4cc(F)ccc4n3Sc3ccc(C(F)F)cc3)c2)c(Cl)c1N=O. The van der Waals surface area contributed by atoms with Crippen molar-refractivity contribution in [2.45, 2.75) is 11.3 Å². The fraction of sp³-hybridized carbons (Fsp3) is 0.0556. The van der Waals surface area contributed by atoms with E-state index in [1.807, 2.05) is 16.1 Å². The molecule has 0 aliphatic heterocycles. The van der Waals surface area contributed by atoms with Crippen molar-refractivity contribution in [1.29, 1.82) is 5.26 Å². The molecule has 232 valence electrons. The Morgan fingerprint density at radius 3 is 2.38 bits per heavy atom. The van der Waals surface area contributed by atoms with E-state index < -0.39 is 18.2 Å². The van der Waals surface area contributed by atoms with E-state index in [2.05, 4.69) is 11.2 Å². The molecule has 47 heavy (non-hydrogen) atoms. The first-order chi connectivity index (χ1) is 22.7. The van der Waals surface area contributed by atoms with Crippen molar-refractivity contribution in [2.24, 2.45) is 5.18 Å². The first kappa shape index (κ1) is 31.6. The lowest BCUT2D eigenvalue weighted by atomic mass is 9.93. The van der Waals surface area contributed by atoms with Crippen LogP contribution in [0.1, 0.15) is 27.9 Å². The highest BCUT2D eigenvalue weighted by Gasteiger charge is 2.25. The molecule has 0 aliphatic carbocycles. The van der Waals surface area contributed by atoms with Crippen LogP contribution in [-0.2, 0) is 4.74 Å². The van der Waals surface area contributed by atoms with Crippen molar-refractivity contribution in [2.75, 3.05) is 7.11 Å². The molecule has 0 saturated carbocycles. The van der Waals surface area contributed by atoms with Crippen LogP contribution < -0.4 is 0 Å². The van der Waals surface area contributed by atoms with Crippen molar-refractivity contribution in [3.63, 3.8) is 0 Å². The minimum Gasteiger partial charge on any atom is -0.465 e. The van der Waals surface area contributed by atoms with Gasteiger partial charge in [-0.25, -0.2) is 18.0 Å². The molecule has 0 unspecified atom stereocenters. The molecule has 0 amide bonds. The third-order valence-electron chi connectivity index (χ3n) is 7.59. The van der Waals surface area contributed by atoms with Crippen LogP contribution in [0, 0.1) is 22.1 Å². The maximum absolute atomic E-state index is 14.9. The van der Waals surface area contributed by atoms with Crippen molar-refractivity contribution in [3.05, 3.63) is 136 Å². The summed E-state index contributed by atoms with van der Waals surface area (Å²) in [6.45, 7) is 0. The molecule has 0 atom stereocenters. The van der Waals surface area contributed by atoms with Gasteiger partial charge in [0.05, 0.1) is 40.5 Å². The average Bonchev–Trinajstić information content (AvgIpc) is 3.40. The third kappa shape index (κ3) is 5.87. The summed E-state index contributed by atoms with van der Waals surface area (Å²) < 4.78 is 48.2. The number of alkyl halides is 2. The molecular formula is C36H21ClF3N3O3S. The highest BCUT2D eigenvalue weighted by atomic mass is 35.5. The second-order valence-electron chi connectivity index (χ2n) is 10.3. The number of halogens is 4. The number of carbonyl (C=O) groups excluding carboxylic acids is 1. The Hall–Kier alpha value is -5.37. The normalized spacial score (nSPS) is 11.1. The predicted octanol–water partition coefficient (Wildman–Crippen LogP) is 11.0. The number of ether oxygens (including phenoxy) is 1. The van der Waals surface area contributed by atoms with E-state index in [9.17, 15) is 28.1 Å². The van der Waals surface area contributed by atoms with E-state index >= 15 is 0 Å². The number of nitrogens with zero attached hydrogens (tertiary/aromatic N) is 3. The molecule has 1 heterocycles. The Kier molecular flexibility index (Phi) is 8.85. The number of carbonyl (C=O) groups is 1. The standard InChI is InChI=1S/C36H21ClF3N3O3S/c1-46-36(44)28-15-14-27(32(37)33(28)42-45)21-6-4-7-22(17-21)34-31(26-8-3-2-5-23(26)19-41)29-18-24(38)11-16-30(29)43(34)47-25-12-9-20(10-13-25)35(39)40/h2-18,35H,1H3. The van der Waals surface area contributed by atoms with Crippen LogP contribution in [0.15, 0.2) is 113 Å². The monoisotopic (exact) mass is 667 g/mol. The molecule has 0 fully saturated rings. The maximum Gasteiger partial charge on any atom is 0.340 e. The van der Waals surface area contributed by atoms with E-state index in [0.29, 0.717) is 54.9 Å². The summed E-state index contributed by atoms with van der Waals surface area (Å²) in [4.78, 5) is 24.6. The minimum absolute atomic E-state index is 0.0498. The molecule has 0 bridgehead atoms. The largest absolute Gasteiger partial charge is 0.465 e. The number of fused-ring (bicyclic) bond motifs is 1. The van der Waals surface area contributed by atoms with Gasteiger partial charge < -0.3 is 4.74 Å². The first-order valence-corrected chi connectivity index (χ1v) is 15.2. The molecule has 0 spiro atoms. The summed E-state index contributed by atoms with van der Waals surface area (Å²) in [6.07, 6.45) is -2.62. The number of aromatic nitrogens is 1. The van der Waals surface area contributed by atoms with Crippen LogP contribution in [-0.4, -0.2) is 17.1 Å². The van der Waals surface area contributed by atoms with Crippen LogP contribution in [0.2, 0.25) is 5.02 Å². The van der Waals surface area contributed by atoms with Gasteiger partial charge in [0, 0.05) is 38.1 Å². The van der Waals surface area contributed by atoms with Crippen LogP contribution in [0.4, 0.5) is 18.9 Å². The highest BCUT2D eigenvalue weighted by Crippen LogP contribution is 2.47. The summed E-state index contributed by atoms with van der Waals surface area (Å²) in [5.74, 6) is -1.25. The number of nitriles is 1. The van der Waals surface area contributed by atoms with E-state index in [4.69, 9.17) is 16.3 Å². The Labute approximate surface area is 276 Å². The quantitative estimate of drug-likeness (QED) is 0.119. The molecule has 6 rings (SSSR count). The number of esters is 1. The Bertz CT molecular complexity index is 2230. The summed E-state index contributed by atoms with van der Waals surface area (Å²) in [5.41, 5.74) is 3.86. The van der Waals surface area contributed by atoms with E-state index in [-0.39, 0.29) is 21.8 Å². The van der Waals surface area contributed by atoms with Gasteiger partial charge in [-0.1, -0.05) is 66.2 Å². The van der Waals surface area contributed by atoms with Crippen molar-refractivity contribution in [1.82, 2.24) is 3.97 Å². The van der Waals surface area contributed by atoms with Gasteiger partial charge in [-0.2, -0.15) is 5.26 Å². The van der Waals surface area contributed by atoms with Gasteiger partial charge in [-0.3, -0.25) is 3.97 Å². The summed E-state index contributed by atoms with van der Waals surface area (Å²) in [5, 5.41) is 13.5. The van der Waals surface area contributed by atoms with E-state index in [1.54, 1.807) is 60.7 Å². The molecule has 0 N–H and O–H groups in total. The van der Waals surface area contributed by atoms with Gasteiger partial charge >= 0.3 is 5.97 Å². The first-order valence-electron chi connectivity index (χ1n) is 14.0. The lowest BCUT2D eigenvalue weighted by Crippen LogP contribution is -2.02. The Morgan fingerprint density at radius 1 is 0.936 bits per heavy atom. The number of hydrogen-bond donors (Lipinski definition) is 0. The second kappa shape index (κ2) is 13.2. The highest BCUT2D eigenvalue weighted by molar-refractivity contribution is 7.98. The molecule has 5 aromatic carbocycles. The van der Waals surface area contributed by atoms with Crippen molar-refractivity contribution in [3.8, 4) is 39.6 Å². The van der Waals surface area contributed by atoms with E-state index in [0.717, 1.165) is 0 Å². The topological polar surface area (TPSA) is 84.4 Å². The smallest absolute Gasteiger partial charge is 0.340 e. The fourth-order valence-electron chi connectivity index (χ4n) is 5.43. The zero-order chi connectivity index (χ0) is 33.2. The zero-order valence-electron chi connectivity index (χ0n) is 24.4. The molecule has 6 aromatic rings. The second-order valence-corrected chi connectivity index (χ2v) is 11.7. The maximum atomic E-state index is 14.9. The van der Waals surface area contributed by atoms with E-state index in [1.165, 1.54) is 49.4 Å². The van der Waals surface area contributed by atoms with Gasteiger partial charge in [-0.05, 0) is 71.2 Å². The Balaban J connectivity index is 1.64. The van der Waals surface area contributed by atoms with Crippen LogP contribution in [0.3, 0.4) is 0 Å². The molecule has 0 saturated heterocycles. The zero-order valence-corrected chi connectivity index (χ0v) is 26.0. The summed E-state index contributed by atoms with van der Waals surface area (Å²) in [7, 11) is 1.18. The molecule has 0 radical (unpaired) electrons.